The first-order valence-electron chi connectivity index (χ1n) is 14.5. The molecule has 0 aliphatic rings. The second-order valence-corrected chi connectivity index (χ2v) is 12.4. The van der Waals surface area contributed by atoms with Crippen molar-refractivity contribution >= 4 is 51.4 Å². The molecule has 8 N–H and O–H groups in total. The number of rotatable bonds is 15. The van der Waals surface area contributed by atoms with Crippen molar-refractivity contribution in [2.45, 2.75) is 51.4 Å². The van der Waals surface area contributed by atoms with E-state index in [-0.39, 0.29) is 21.4 Å². The molecule has 0 saturated heterocycles. The Morgan fingerprint density at radius 1 is 1.07 bits per heavy atom. The van der Waals surface area contributed by atoms with Crippen LogP contribution in [0.25, 0.3) is 10.9 Å². The Hall–Kier alpha value is -3.74. The van der Waals surface area contributed by atoms with Gasteiger partial charge in [0.25, 0.3) is 5.91 Å². The van der Waals surface area contributed by atoms with Gasteiger partial charge in [-0.15, -0.1) is 11.3 Å². The average Bonchev–Trinajstić information content (AvgIpc) is 3.51. The third-order valence-electron chi connectivity index (χ3n) is 7.70. The van der Waals surface area contributed by atoms with Gasteiger partial charge in [0.2, 0.25) is 5.56 Å². The van der Waals surface area contributed by atoms with Crippen molar-refractivity contribution in [3.05, 3.63) is 96.9 Å². The molecule has 0 radical (unpaired) electrons. The number of benzene rings is 2. The fourth-order valence-corrected chi connectivity index (χ4v) is 5.73. The number of nitrogens with two attached hydrogens (primary N) is 1. The summed E-state index contributed by atoms with van der Waals surface area (Å²) >= 11 is 7.05. The zero-order valence-electron chi connectivity index (χ0n) is 24.6. The summed E-state index contributed by atoms with van der Waals surface area (Å²) in [6.07, 6.45) is 0.571. The molecule has 4 atom stereocenters. The van der Waals surface area contributed by atoms with E-state index in [1.54, 1.807) is 18.2 Å². The van der Waals surface area contributed by atoms with Crippen LogP contribution in [0.3, 0.4) is 0 Å². The molecule has 0 aliphatic carbocycles. The summed E-state index contributed by atoms with van der Waals surface area (Å²) in [4.78, 5) is 39.6. The lowest BCUT2D eigenvalue weighted by atomic mass is 10.00. The topological polar surface area (TPSA) is 170 Å². The van der Waals surface area contributed by atoms with Gasteiger partial charge in [-0.25, -0.2) is 4.79 Å². The maximum Gasteiger partial charge on any atom is 0.345 e. The van der Waals surface area contributed by atoms with Gasteiger partial charge < -0.3 is 31.6 Å². The predicted octanol–water partition coefficient (Wildman–Crippen LogP) is 4.22. The Morgan fingerprint density at radius 2 is 1.80 bits per heavy atom. The van der Waals surface area contributed by atoms with Crippen LogP contribution < -0.4 is 27.2 Å². The molecular weight excluding hydrogens is 602 g/mol. The van der Waals surface area contributed by atoms with E-state index in [1.165, 1.54) is 18.2 Å². The van der Waals surface area contributed by atoms with Crippen LogP contribution >= 0.6 is 22.9 Å². The zero-order valence-corrected chi connectivity index (χ0v) is 26.2. The van der Waals surface area contributed by atoms with E-state index in [2.05, 4.69) is 34.8 Å². The second kappa shape index (κ2) is 15.3. The number of carbonyl (C=O) groups is 2. The molecule has 10 nitrogen and oxygen atoms in total. The number of pyridine rings is 1. The molecular formula is C32H38ClN5O5S. The standard InChI is InChI=1S/C32H38ClN5O5S/c1-3-18(2)24(34)17-36-22-7-4-19(5-8-22)14-26(38-31(41)27-10-11-28(44-27)32(42)43)30(40)35-13-12-20-15-29(39)37-25-9-6-21(33)16-23(20)25/h4-11,15-16,18,24,26,30,35-36,40H,3,12-14,17,34H2,1-2H3,(H,37,39)(H,38,41)(H,42,43)/t18-,24+,26-,30-/m0/s1. The van der Waals surface area contributed by atoms with Crippen molar-refractivity contribution in [1.29, 1.82) is 0 Å². The fourth-order valence-electron chi connectivity index (χ4n) is 4.81. The molecule has 0 saturated carbocycles. The average molecular weight is 640 g/mol. The van der Waals surface area contributed by atoms with Crippen LogP contribution in [0, 0.1) is 5.92 Å². The molecule has 0 unspecified atom stereocenters. The number of aromatic amines is 1. The number of aromatic nitrogens is 1. The largest absolute Gasteiger partial charge is 0.477 e. The molecule has 2 aromatic heterocycles. The number of aromatic carboxylic acids is 1. The summed E-state index contributed by atoms with van der Waals surface area (Å²) in [6.45, 7) is 5.19. The minimum Gasteiger partial charge on any atom is -0.477 e. The van der Waals surface area contributed by atoms with Crippen molar-refractivity contribution in [3.63, 3.8) is 0 Å². The number of hydrogen-bond acceptors (Lipinski definition) is 8. The number of carboxylic acid groups (broad SMARTS) is 1. The number of carbonyl (C=O) groups excluding carboxylic acids is 1. The maximum absolute atomic E-state index is 13.1. The predicted molar refractivity (Wildman–Crippen MR) is 176 cm³/mol. The first kappa shape index (κ1) is 33.2. The number of thiophene rings is 1. The van der Waals surface area contributed by atoms with Gasteiger partial charge in [0.15, 0.2) is 0 Å². The third kappa shape index (κ3) is 8.90. The Balaban J connectivity index is 1.46. The highest BCUT2D eigenvalue weighted by Gasteiger charge is 2.24. The van der Waals surface area contributed by atoms with Gasteiger partial charge in [-0.3, -0.25) is 14.9 Å². The molecule has 0 spiro atoms. The van der Waals surface area contributed by atoms with Crippen molar-refractivity contribution in [2.24, 2.45) is 11.7 Å². The number of nitrogens with one attached hydrogen (secondary N) is 4. The van der Waals surface area contributed by atoms with Crippen LogP contribution in [0.4, 0.5) is 5.69 Å². The number of carboxylic acids is 1. The van der Waals surface area contributed by atoms with Crippen molar-refractivity contribution in [3.8, 4) is 0 Å². The molecule has 2 aromatic carbocycles. The van der Waals surface area contributed by atoms with Gasteiger partial charge in [-0.05, 0) is 72.4 Å². The van der Waals surface area contributed by atoms with E-state index >= 15 is 0 Å². The zero-order chi connectivity index (χ0) is 31.8. The highest BCUT2D eigenvalue weighted by molar-refractivity contribution is 7.15. The lowest BCUT2D eigenvalue weighted by Gasteiger charge is -2.25. The highest BCUT2D eigenvalue weighted by atomic mass is 35.5. The van der Waals surface area contributed by atoms with Gasteiger partial charge >= 0.3 is 5.97 Å². The quantitative estimate of drug-likeness (QED) is 0.0949. The van der Waals surface area contributed by atoms with Crippen LogP contribution in [0.2, 0.25) is 5.02 Å². The molecule has 12 heteroatoms. The first-order chi connectivity index (χ1) is 21.0. The number of hydrogen-bond donors (Lipinski definition) is 7. The van der Waals surface area contributed by atoms with Gasteiger partial charge in [-0.2, -0.15) is 0 Å². The fraction of sp³-hybridized carbons (Fsp3) is 0.344. The Kier molecular flexibility index (Phi) is 11.5. The van der Waals surface area contributed by atoms with Crippen molar-refractivity contribution in [2.75, 3.05) is 18.4 Å². The number of aliphatic hydroxyl groups is 1. The Morgan fingerprint density at radius 3 is 2.48 bits per heavy atom. The molecule has 0 bridgehead atoms. The summed E-state index contributed by atoms with van der Waals surface area (Å²) in [5.74, 6) is -1.20. The van der Waals surface area contributed by atoms with Gasteiger partial charge in [0.05, 0.1) is 10.9 Å². The van der Waals surface area contributed by atoms with Crippen LogP contribution in [-0.4, -0.2) is 58.5 Å². The Labute approximate surface area is 264 Å². The smallest absolute Gasteiger partial charge is 0.345 e. The molecule has 234 valence electrons. The number of aliphatic hydroxyl groups excluding tert-OH is 1. The summed E-state index contributed by atoms with van der Waals surface area (Å²) < 4.78 is 0. The van der Waals surface area contributed by atoms with Gasteiger partial charge in [0, 0.05) is 46.8 Å². The van der Waals surface area contributed by atoms with Gasteiger partial charge in [0.1, 0.15) is 11.1 Å². The van der Waals surface area contributed by atoms with Gasteiger partial charge in [-0.1, -0.05) is 44.0 Å². The summed E-state index contributed by atoms with van der Waals surface area (Å²) in [5.41, 5.74) is 9.23. The molecule has 44 heavy (non-hydrogen) atoms. The second-order valence-electron chi connectivity index (χ2n) is 10.9. The minimum atomic E-state index is -1.15. The Bertz CT molecular complexity index is 1640. The number of amides is 1. The number of halogens is 1. The van der Waals surface area contributed by atoms with Crippen LogP contribution in [0.1, 0.15) is 50.7 Å². The van der Waals surface area contributed by atoms with E-state index < -0.39 is 24.1 Å². The highest BCUT2D eigenvalue weighted by Crippen LogP contribution is 2.21. The number of anilines is 1. The van der Waals surface area contributed by atoms with E-state index in [9.17, 15) is 24.6 Å². The maximum atomic E-state index is 13.1. The van der Waals surface area contributed by atoms with E-state index in [4.69, 9.17) is 17.3 Å². The summed E-state index contributed by atoms with van der Waals surface area (Å²) in [6, 6.07) is 16.6. The number of H-pyrrole nitrogens is 1. The van der Waals surface area contributed by atoms with Crippen molar-refractivity contribution < 1.29 is 19.8 Å². The number of fused-ring (bicyclic) bond motifs is 1. The van der Waals surface area contributed by atoms with E-state index in [0.29, 0.717) is 42.4 Å². The minimum absolute atomic E-state index is 0.0311. The lowest BCUT2D eigenvalue weighted by Crippen LogP contribution is -2.51. The molecule has 2 heterocycles. The normalized spacial score (nSPS) is 14.1. The SMILES string of the molecule is CC[C@H](C)[C@H](N)CNc1ccc(C[C@H](NC(=O)c2ccc(C(=O)O)s2)[C@H](O)NCCc2cc(=O)[nH]c3ccc(Cl)cc23)cc1. The first-order valence-corrected chi connectivity index (χ1v) is 15.7. The third-order valence-corrected chi connectivity index (χ3v) is 9.01. The summed E-state index contributed by atoms with van der Waals surface area (Å²) in [5, 5.41) is 31.1. The van der Waals surface area contributed by atoms with Crippen molar-refractivity contribution in [1.82, 2.24) is 15.6 Å². The van der Waals surface area contributed by atoms with E-state index in [0.717, 1.165) is 40.0 Å². The molecule has 0 fully saturated rings. The van der Waals surface area contributed by atoms with Crippen LogP contribution in [0.15, 0.2) is 65.5 Å². The molecule has 0 aliphatic heterocycles. The monoisotopic (exact) mass is 639 g/mol. The molecule has 4 rings (SSSR count). The molecule has 4 aromatic rings. The lowest BCUT2D eigenvalue weighted by molar-refractivity contribution is 0.0702. The van der Waals surface area contributed by atoms with E-state index in [1.807, 2.05) is 24.3 Å². The molecule has 1 amide bonds. The van der Waals surface area contributed by atoms with Crippen LogP contribution in [-0.2, 0) is 12.8 Å². The summed E-state index contributed by atoms with van der Waals surface area (Å²) in [7, 11) is 0. The van der Waals surface area contributed by atoms with Crippen LogP contribution in [0.5, 0.6) is 0 Å².